The van der Waals surface area contributed by atoms with E-state index in [0.29, 0.717) is 16.5 Å². The van der Waals surface area contributed by atoms with Crippen LogP contribution in [0.15, 0.2) is 39.9 Å². The smallest absolute Gasteiger partial charge is 0.252 e. The summed E-state index contributed by atoms with van der Waals surface area (Å²) in [7, 11) is -2.30. The topological polar surface area (TPSA) is 75.7 Å². The Balaban J connectivity index is 2.02. The first kappa shape index (κ1) is 19.7. The van der Waals surface area contributed by atoms with Crippen molar-refractivity contribution in [3.05, 3.63) is 40.7 Å². The maximum absolute atomic E-state index is 12.3. The van der Waals surface area contributed by atoms with Gasteiger partial charge in [0.15, 0.2) is 0 Å². The van der Waals surface area contributed by atoms with E-state index in [9.17, 15) is 13.2 Å². The highest BCUT2D eigenvalue weighted by Gasteiger charge is 2.23. The molecule has 1 heterocycles. The number of hydrogen-bond donors (Lipinski definition) is 1. The molecule has 0 unspecified atom stereocenters. The molecule has 136 valence electrons. The van der Waals surface area contributed by atoms with Crippen LogP contribution in [0.1, 0.15) is 13.8 Å². The number of hydrogen-bond acceptors (Lipinski definition) is 5. The van der Waals surface area contributed by atoms with Gasteiger partial charge in [-0.25, -0.2) is 8.42 Å². The minimum atomic E-state index is -3.67. The van der Waals surface area contributed by atoms with E-state index in [2.05, 4.69) is 5.32 Å². The van der Waals surface area contributed by atoms with E-state index in [-0.39, 0.29) is 16.9 Å². The third kappa shape index (κ3) is 5.18. The zero-order chi connectivity index (χ0) is 18.6. The van der Waals surface area contributed by atoms with Crippen molar-refractivity contribution in [3.8, 4) is 5.75 Å². The number of carbonyl (C=O) groups excluding carboxylic acids is 1. The van der Waals surface area contributed by atoms with E-state index in [1.807, 2.05) is 13.8 Å². The molecule has 0 fully saturated rings. The third-order valence-electron chi connectivity index (χ3n) is 3.10. The summed E-state index contributed by atoms with van der Waals surface area (Å²) in [5.41, 5.74) is 0.466. The molecule has 9 heteroatoms. The van der Waals surface area contributed by atoms with Crippen LogP contribution in [0.5, 0.6) is 5.75 Å². The molecule has 1 aromatic heterocycles. The third-order valence-corrected chi connectivity index (χ3v) is 6.58. The van der Waals surface area contributed by atoms with Gasteiger partial charge < -0.3 is 10.1 Å². The van der Waals surface area contributed by atoms with E-state index < -0.39 is 15.9 Å². The molecule has 0 aliphatic heterocycles. The maximum Gasteiger partial charge on any atom is 0.252 e. The Morgan fingerprint density at radius 2 is 2.08 bits per heavy atom. The number of sulfonamides is 1. The standard InChI is InChI=1S/C16H19ClN2O4S2/c1-11(2)23-14-7-6-12(9-13(14)17)18-15(20)10-19(3)25(21,22)16-5-4-8-24-16/h4-9,11H,10H2,1-3H3,(H,18,20). The number of thiophene rings is 1. The van der Waals surface area contributed by atoms with Crippen LogP contribution in [-0.4, -0.2) is 38.3 Å². The molecule has 0 aliphatic carbocycles. The van der Waals surface area contributed by atoms with Crippen LogP contribution in [0.25, 0.3) is 0 Å². The molecule has 0 aliphatic rings. The van der Waals surface area contributed by atoms with Gasteiger partial charge in [0, 0.05) is 12.7 Å². The van der Waals surface area contributed by atoms with Crippen molar-refractivity contribution in [1.82, 2.24) is 4.31 Å². The van der Waals surface area contributed by atoms with Crippen molar-refractivity contribution in [2.45, 2.75) is 24.2 Å². The molecule has 2 rings (SSSR count). The minimum absolute atomic E-state index is 0.0194. The fourth-order valence-electron chi connectivity index (χ4n) is 1.98. The van der Waals surface area contributed by atoms with Gasteiger partial charge in [0.05, 0.1) is 17.7 Å². The van der Waals surface area contributed by atoms with Gasteiger partial charge in [0.2, 0.25) is 5.91 Å². The average Bonchev–Trinajstić information content (AvgIpc) is 3.04. The fraction of sp³-hybridized carbons (Fsp3) is 0.312. The largest absolute Gasteiger partial charge is 0.489 e. The Hall–Kier alpha value is -1.61. The number of rotatable bonds is 7. The lowest BCUT2D eigenvalue weighted by atomic mass is 10.3. The van der Waals surface area contributed by atoms with E-state index in [4.69, 9.17) is 16.3 Å². The van der Waals surface area contributed by atoms with Crippen LogP contribution in [-0.2, 0) is 14.8 Å². The normalized spacial score (nSPS) is 11.8. The Kier molecular flexibility index (Phi) is 6.45. The summed E-state index contributed by atoms with van der Waals surface area (Å²) >= 11 is 7.23. The number of halogens is 1. The highest BCUT2D eigenvalue weighted by Crippen LogP contribution is 2.28. The SMILES string of the molecule is CC(C)Oc1ccc(NC(=O)CN(C)S(=O)(=O)c2cccs2)cc1Cl. The van der Waals surface area contributed by atoms with E-state index in [0.717, 1.165) is 15.6 Å². The summed E-state index contributed by atoms with van der Waals surface area (Å²) in [5.74, 6) is 0.0586. The van der Waals surface area contributed by atoms with E-state index >= 15 is 0 Å². The van der Waals surface area contributed by atoms with Gasteiger partial charge in [0.25, 0.3) is 10.0 Å². The van der Waals surface area contributed by atoms with Gasteiger partial charge in [-0.1, -0.05) is 17.7 Å². The number of ether oxygens (including phenoxy) is 1. The molecule has 25 heavy (non-hydrogen) atoms. The predicted molar refractivity (Wildman–Crippen MR) is 100.0 cm³/mol. The first-order valence-corrected chi connectivity index (χ1v) is 10.2. The van der Waals surface area contributed by atoms with Crippen molar-refractivity contribution in [2.75, 3.05) is 18.9 Å². The zero-order valence-electron chi connectivity index (χ0n) is 14.0. The van der Waals surface area contributed by atoms with Gasteiger partial charge in [-0.2, -0.15) is 4.31 Å². The molecule has 0 radical (unpaired) electrons. The highest BCUT2D eigenvalue weighted by atomic mass is 35.5. The Bertz CT molecular complexity index is 836. The van der Waals surface area contributed by atoms with Gasteiger partial charge >= 0.3 is 0 Å². The molecule has 0 saturated carbocycles. The number of nitrogens with zero attached hydrogens (tertiary/aromatic N) is 1. The molecule has 0 spiro atoms. The lowest BCUT2D eigenvalue weighted by Gasteiger charge is -2.16. The second-order valence-corrected chi connectivity index (χ2v) is 9.18. The molecule has 1 amide bonds. The monoisotopic (exact) mass is 402 g/mol. The van der Waals surface area contributed by atoms with Crippen molar-refractivity contribution in [3.63, 3.8) is 0 Å². The number of nitrogens with one attached hydrogen (secondary N) is 1. The lowest BCUT2D eigenvalue weighted by Crippen LogP contribution is -2.34. The van der Waals surface area contributed by atoms with Gasteiger partial charge in [-0.05, 0) is 43.5 Å². The van der Waals surface area contributed by atoms with Gasteiger partial charge in [0.1, 0.15) is 9.96 Å². The van der Waals surface area contributed by atoms with E-state index in [1.54, 1.807) is 29.6 Å². The van der Waals surface area contributed by atoms with Crippen molar-refractivity contribution >= 4 is 44.6 Å². The summed E-state index contributed by atoms with van der Waals surface area (Å²) in [6.07, 6.45) is -0.0194. The molecule has 1 aromatic carbocycles. The fourth-order valence-corrected chi connectivity index (χ4v) is 4.53. The molecule has 0 atom stereocenters. The number of carbonyl (C=O) groups is 1. The van der Waals surface area contributed by atoms with Crippen LogP contribution in [0, 0.1) is 0 Å². The Labute approximate surface area is 156 Å². The summed E-state index contributed by atoms with van der Waals surface area (Å²) < 4.78 is 31.3. The average molecular weight is 403 g/mol. The predicted octanol–water partition coefficient (Wildman–Crippen LogP) is 3.45. The van der Waals surface area contributed by atoms with Crippen molar-refractivity contribution in [2.24, 2.45) is 0 Å². The Morgan fingerprint density at radius 1 is 1.36 bits per heavy atom. The zero-order valence-corrected chi connectivity index (χ0v) is 16.4. The molecule has 6 nitrogen and oxygen atoms in total. The number of anilines is 1. The first-order valence-electron chi connectivity index (χ1n) is 7.46. The molecule has 0 bridgehead atoms. The molecular formula is C16H19ClN2O4S2. The van der Waals surface area contributed by atoms with Gasteiger partial charge in [-0.3, -0.25) is 4.79 Å². The lowest BCUT2D eigenvalue weighted by molar-refractivity contribution is -0.116. The van der Waals surface area contributed by atoms with Crippen LogP contribution in [0.2, 0.25) is 5.02 Å². The Morgan fingerprint density at radius 3 is 2.64 bits per heavy atom. The van der Waals surface area contributed by atoms with Gasteiger partial charge in [-0.15, -0.1) is 11.3 Å². The number of likely N-dealkylation sites (N-methyl/N-ethyl adjacent to an activating group) is 1. The van der Waals surface area contributed by atoms with E-state index in [1.165, 1.54) is 13.1 Å². The second kappa shape index (κ2) is 8.18. The van der Waals surface area contributed by atoms with Crippen LogP contribution in [0.3, 0.4) is 0 Å². The van der Waals surface area contributed by atoms with Crippen LogP contribution in [0.4, 0.5) is 5.69 Å². The summed E-state index contributed by atoms with van der Waals surface area (Å²) in [6.45, 7) is 3.47. The van der Waals surface area contributed by atoms with Crippen LogP contribution < -0.4 is 10.1 Å². The minimum Gasteiger partial charge on any atom is -0.489 e. The second-order valence-electron chi connectivity index (χ2n) is 5.55. The summed E-state index contributed by atoms with van der Waals surface area (Å²) in [6, 6.07) is 8.01. The number of amides is 1. The molecule has 2 aromatic rings. The maximum atomic E-state index is 12.3. The summed E-state index contributed by atoms with van der Waals surface area (Å²) in [4.78, 5) is 12.1. The molecule has 1 N–H and O–H groups in total. The number of benzene rings is 1. The quantitative estimate of drug-likeness (QED) is 0.769. The van der Waals surface area contributed by atoms with Crippen molar-refractivity contribution < 1.29 is 17.9 Å². The summed E-state index contributed by atoms with van der Waals surface area (Å²) in [5, 5.41) is 4.67. The highest BCUT2D eigenvalue weighted by molar-refractivity contribution is 7.91. The first-order chi connectivity index (χ1) is 11.7. The van der Waals surface area contributed by atoms with Crippen molar-refractivity contribution in [1.29, 1.82) is 0 Å². The molecular weight excluding hydrogens is 384 g/mol. The molecule has 0 saturated heterocycles. The van der Waals surface area contributed by atoms with Crippen LogP contribution >= 0.6 is 22.9 Å².